The van der Waals surface area contributed by atoms with Gasteiger partial charge in [-0.25, -0.2) is 0 Å². The maximum atomic E-state index is 13.1. The summed E-state index contributed by atoms with van der Waals surface area (Å²) >= 11 is 6.27. The lowest BCUT2D eigenvalue weighted by Gasteiger charge is -2.14. The number of carbonyl (C=O) groups is 1. The van der Waals surface area contributed by atoms with Crippen molar-refractivity contribution >= 4 is 45.7 Å². The van der Waals surface area contributed by atoms with Crippen LogP contribution in [-0.4, -0.2) is 17.9 Å². The molecule has 4 aromatic carbocycles. The highest BCUT2D eigenvalue weighted by Crippen LogP contribution is 2.33. The number of hydrogen-bond donors (Lipinski definition) is 1. The van der Waals surface area contributed by atoms with E-state index in [4.69, 9.17) is 21.1 Å². The van der Waals surface area contributed by atoms with Crippen molar-refractivity contribution in [1.82, 2.24) is 0 Å². The molecule has 0 aliphatic carbocycles. The summed E-state index contributed by atoms with van der Waals surface area (Å²) in [6.07, 6.45) is 1.46. The first-order valence-electron chi connectivity index (χ1n) is 11.0. The van der Waals surface area contributed by atoms with Gasteiger partial charge in [0.1, 0.15) is 29.7 Å². The average Bonchev–Trinajstić information content (AvgIpc) is 2.91. The lowest BCUT2D eigenvalue weighted by atomic mass is 10.0. The second kappa shape index (κ2) is 11.2. The first-order valence-corrected chi connectivity index (χ1v) is 11.4. The van der Waals surface area contributed by atoms with Crippen molar-refractivity contribution in [2.75, 3.05) is 12.4 Å². The van der Waals surface area contributed by atoms with Crippen molar-refractivity contribution in [3.05, 3.63) is 111 Å². The number of nitriles is 1. The van der Waals surface area contributed by atoms with E-state index in [0.717, 1.165) is 16.3 Å². The van der Waals surface area contributed by atoms with Gasteiger partial charge >= 0.3 is 0 Å². The van der Waals surface area contributed by atoms with E-state index in [9.17, 15) is 20.2 Å². The molecule has 1 N–H and O–H groups in total. The van der Waals surface area contributed by atoms with E-state index in [0.29, 0.717) is 16.3 Å². The standard InChI is InChI=1S/C28H20ClN3O5/c1-36-27-15-21(32(34)35)11-12-25(27)31-28(33)20(16-30)14-23-22-8-4-2-6-18(22)10-13-26(23)37-17-19-7-3-5-9-24(19)29/h2-15H,17H2,1H3,(H,31,33)/b20-14+. The molecule has 1 amide bonds. The van der Waals surface area contributed by atoms with Crippen LogP contribution < -0.4 is 14.8 Å². The minimum Gasteiger partial charge on any atom is -0.494 e. The SMILES string of the molecule is COc1cc([N+](=O)[O-])ccc1NC(=O)/C(C#N)=C/c1c(OCc2ccccc2Cl)ccc2ccccc12. The smallest absolute Gasteiger partial charge is 0.273 e. The second-order valence-corrected chi connectivity index (χ2v) is 8.25. The number of hydrogen-bond acceptors (Lipinski definition) is 6. The summed E-state index contributed by atoms with van der Waals surface area (Å²) in [5, 5.41) is 25.7. The molecule has 0 unspecified atom stereocenters. The number of fused-ring (bicyclic) bond motifs is 1. The number of nitrogens with zero attached hydrogens (tertiary/aromatic N) is 2. The van der Waals surface area contributed by atoms with Crippen LogP contribution in [0.25, 0.3) is 16.8 Å². The van der Waals surface area contributed by atoms with E-state index < -0.39 is 10.8 Å². The summed E-state index contributed by atoms with van der Waals surface area (Å²) in [6.45, 7) is 0.187. The monoisotopic (exact) mass is 513 g/mol. The molecule has 4 aromatic rings. The number of methoxy groups -OCH3 is 1. The van der Waals surface area contributed by atoms with Gasteiger partial charge in [0.2, 0.25) is 0 Å². The van der Waals surface area contributed by atoms with Gasteiger partial charge in [0.15, 0.2) is 0 Å². The van der Waals surface area contributed by atoms with Gasteiger partial charge in [-0.15, -0.1) is 0 Å². The van der Waals surface area contributed by atoms with Crippen LogP contribution >= 0.6 is 11.6 Å². The quantitative estimate of drug-likeness (QED) is 0.124. The molecular weight excluding hydrogens is 494 g/mol. The molecule has 0 spiro atoms. The van der Waals surface area contributed by atoms with Crippen LogP contribution in [0.4, 0.5) is 11.4 Å². The number of halogens is 1. The van der Waals surface area contributed by atoms with Gasteiger partial charge < -0.3 is 14.8 Å². The first-order chi connectivity index (χ1) is 17.9. The van der Waals surface area contributed by atoms with Crippen molar-refractivity contribution in [1.29, 1.82) is 5.26 Å². The zero-order valence-electron chi connectivity index (χ0n) is 19.6. The maximum absolute atomic E-state index is 13.1. The number of rotatable bonds is 8. The zero-order valence-corrected chi connectivity index (χ0v) is 20.4. The van der Waals surface area contributed by atoms with Crippen LogP contribution in [0, 0.1) is 21.4 Å². The Morgan fingerprint density at radius 1 is 1.08 bits per heavy atom. The van der Waals surface area contributed by atoms with Crippen molar-refractivity contribution in [2.24, 2.45) is 0 Å². The number of nitrogens with one attached hydrogen (secondary N) is 1. The van der Waals surface area contributed by atoms with E-state index >= 15 is 0 Å². The Labute approximate surface area is 217 Å². The minimum absolute atomic E-state index is 0.0914. The van der Waals surface area contributed by atoms with E-state index in [1.807, 2.05) is 54.6 Å². The number of amides is 1. The predicted molar refractivity (Wildman–Crippen MR) is 142 cm³/mol. The molecule has 0 bridgehead atoms. The fourth-order valence-corrected chi connectivity index (χ4v) is 3.89. The van der Waals surface area contributed by atoms with Crippen molar-refractivity contribution in [2.45, 2.75) is 6.61 Å². The summed E-state index contributed by atoms with van der Waals surface area (Å²) in [4.78, 5) is 23.5. The normalized spacial score (nSPS) is 11.0. The number of ether oxygens (including phenoxy) is 2. The van der Waals surface area contributed by atoms with Crippen LogP contribution in [-0.2, 0) is 11.4 Å². The summed E-state index contributed by atoms with van der Waals surface area (Å²) in [5.74, 6) is -0.152. The zero-order chi connectivity index (χ0) is 26.4. The Hall–Kier alpha value is -4.87. The highest BCUT2D eigenvalue weighted by Gasteiger charge is 2.17. The molecule has 37 heavy (non-hydrogen) atoms. The number of carbonyl (C=O) groups excluding carboxylic acids is 1. The largest absolute Gasteiger partial charge is 0.494 e. The summed E-state index contributed by atoms with van der Waals surface area (Å²) in [6, 6.07) is 24.2. The van der Waals surface area contributed by atoms with Crippen LogP contribution in [0.3, 0.4) is 0 Å². The molecular formula is C28H20ClN3O5. The number of benzene rings is 4. The molecule has 0 radical (unpaired) electrons. The summed E-state index contributed by atoms with van der Waals surface area (Å²) < 4.78 is 11.3. The molecule has 0 fully saturated rings. The van der Waals surface area contributed by atoms with E-state index in [2.05, 4.69) is 5.32 Å². The molecule has 0 atom stereocenters. The number of anilines is 1. The highest BCUT2D eigenvalue weighted by atomic mass is 35.5. The third-order valence-electron chi connectivity index (χ3n) is 5.57. The predicted octanol–water partition coefficient (Wildman–Crippen LogP) is 6.53. The third kappa shape index (κ3) is 5.69. The molecule has 0 heterocycles. The molecule has 0 aromatic heterocycles. The van der Waals surface area contributed by atoms with Crippen LogP contribution in [0.15, 0.2) is 84.4 Å². The summed E-state index contributed by atoms with van der Waals surface area (Å²) in [5.41, 5.74) is 1.14. The topological polar surface area (TPSA) is 114 Å². The Morgan fingerprint density at radius 3 is 2.57 bits per heavy atom. The van der Waals surface area contributed by atoms with Gasteiger partial charge in [0, 0.05) is 22.2 Å². The first kappa shape index (κ1) is 25.2. The van der Waals surface area contributed by atoms with Crippen LogP contribution in [0.2, 0.25) is 5.02 Å². The molecule has 9 heteroatoms. The van der Waals surface area contributed by atoms with Crippen LogP contribution in [0.1, 0.15) is 11.1 Å². The van der Waals surface area contributed by atoms with Crippen LogP contribution in [0.5, 0.6) is 11.5 Å². The molecule has 4 rings (SSSR count). The maximum Gasteiger partial charge on any atom is 0.273 e. The van der Waals surface area contributed by atoms with Gasteiger partial charge in [-0.3, -0.25) is 14.9 Å². The molecule has 8 nitrogen and oxygen atoms in total. The second-order valence-electron chi connectivity index (χ2n) is 7.84. The summed E-state index contributed by atoms with van der Waals surface area (Å²) in [7, 11) is 1.33. The fraction of sp³-hybridized carbons (Fsp3) is 0.0714. The highest BCUT2D eigenvalue weighted by molar-refractivity contribution is 6.31. The van der Waals surface area contributed by atoms with Crippen molar-refractivity contribution in [3.63, 3.8) is 0 Å². The number of nitro benzene ring substituents is 1. The lowest BCUT2D eigenvalue weighted by Crippen LogP contribution is -2.14. The molecule has 184 valence electrons. The molecule has 0 aliphatic heterocycles. The van der Waals surface area contributed by atoms with Gasteiger partial charge in [-0.1, -0.05) is 60.1 Å². The van der Waals surface area contributed by atoms with Gasteiger partial charge in [0.25, 0.3) is 11.6 Å². The minimum atomic E-state index is -0.709. The third-order valence-corrected chi connectivity index (χ3v) is 5.94. The van der Waals surface area contributed by atoms with Gasteiger partial charge in [0.05, 0.1) is 23.8 Å². The van der Waals surface area contributed by atoms with Gasteiger partial charge in [-0.2, -0.15) is 5.26 Å². The number of non-ortho nitro benzene ring substituents is 1. The Balaban J connectivity index is 1.70. The Morgan fingerprint density at radius 2 is 1.84 bits per heavy atom. The Bertz CT molecular complexity index is 1580. The molecule has 0 aliphatic rings. The van der Waals surface area contributed by atoms with E-state index in [-0.39, 0.29) is 29.3 Å². The molecule has 0 saturated heterocycles. The molecule has 0 saturated carbocycles. The average molecular weight is 514 g/mol. The van der Waals surface area contributed by atoms with Crippen molar-refractivity contribution in [3.8, 4) is 17.6 Å². The van der Waals surface area contributed by atoms with E-state index in [1.165, 1.54) is 31.4 Å². The van der Waals surface area contributed by atoms with Crippen molar-refractivity contribution < 1.29 is 19.2 Å². The fourth-order valence-electron chi connectivity index (χ4n) is 3.70. The van der Waals surface area contributed by atoms with Gasteiger partial charge in [-0.05, 0) is 35.0 Å². The number of nitro groups is 1. The lowest BCUT2D eigenvalue weighted by molar-refractivity contribution is -0.384. The van der Waals surface area contributed by atoms with E-state index in [1.54, 1.807) is 12.1 Å². The Kier molecular flexibility index (Phi) is 7.67.